The average Bonchev–Trinajstić information content (AvgIpc) is 2.57. The summed E-state index contributed by atoms with van der Waals surface area (Å²) in [6, 6.07) is 7.70. The summed E-state index contributed by atoms with van der Waals surface area (Å²) in [5, 5.41) is 5.52. The Hall–Kier alpha value is -2.83. The van der Waals surface area contributed by atoms with Gasteiger partial charge >= 0.3 is 0 Å². The molecular formula is C17H18F2N2O3. The van der Waals surface area contributed by atoms with E-state index in [1.807, 2.05) is 0 Å². The number of carbonyl (C=O) groups excluding carboxylic acids is 1. The molecule has 0 heterocycles. The molecular weight excluding hydrogens is 318 g/mol. The third-order valence-electron chi connectivity index (χ3n) is 3.35. The molecule has 5 nitrogen and oxygen atoms in total. The van der Waals surface area contributed by atoms with E-state index in [1.165, 1.54) is 20.3 Å². The minimum atomic E-state index is -1.02. The largest absolute Gasteiger partial charge is 0.493 e. The smallest absolute Gasteiger partial charge is 0.246 e. The van der Waals surface area contributed by atoms with Gasteiger partial charge in [0.25, 0.3) is 0 Å². The topological polar surface area (TPSA) is 59.6 Å². The fraction of sp³-hybridized carbons (Fsp3) is 0.235. The summed E-state index contributed by atoms with van der Waals surface area (Å²) in [5.74, 6) is -1.29. The Morgan fingerprint density at radius 2 is 1.62 bits per heavy atom. The van der Waals surface area contributed by atoms with E-state index >= 15 is 0 Å². The molecule has 24 heavy (non-hydrogen) atoms. The molecule has 0 aliphatic heterocycles. The number of hydrogen-bond acceptors (Lipinski definition) is 4. The molecule has 128 valence electrons. The third-order valence-corrected chi connectivity index (χ3v) is 3.35. The van der Waals surface area contributed by atoms with Crippen molar-refractivity contribution in [2.45, 2.75) is 13.0 Å². The van der Waals surface area contributed by atoms with Crippen LogP contribution in [0.1, 0.15) is 6.92 Å². The minimum Gasteiger partial charge on any atom is -0.493 e. The van der Waals surface area contributed by atoms with Gasteiger partial charge in [0.05, 0.1) is 14.2 Å². The summed E-state index contributed by atoms with van der Waals surface area (Å²) in [5.41, 5.74) is 0.834. The third kappa shape index (κ3) is 4.13. The Morgan fingerprint density at radius 3 is 2.25 bits per heavy atom. The van der Waals surface area contributed by atoms with E-state index < -0.39 is 23.6 Å². The number of rotatable bonds is 6. The van der Waals surface area contributed by atoms with Gasteiger partial charge < -0.3 is 20.1 Å². The molecule has 7 heteroatoms. The van der Waals surface area contributed by atoms with Crippen molar-refractivity contribution < 1.29 is 23.0 Å². The highest BCUT2D eigenvalue weighted by Gasteiger charge is 2.15. The first-order valence-corrected chi connectivity index (χ1v) is 7.19. The lowest BCUT2D eigenvalue weighted by molar-refractivity contribution is -0.116. The number of benzene rings is 2. The van der Waals surface area contributed by atoms with Crippen LogP contribution in [0.3, 0.4) is 0 Å². The van der Waals surface area contributed by atoms with Crippen LogP contribution in [-0.2, 0) is 4.79 Å². The quantitative estimate of drug-likeness (QED) is 0.849. The molecule has 0 radical (unpaired) electrons. The van der Waals surface area contributed by atoms with Gasteiger partial charge in [0.1, 0.15) is 6.04 Å². The van der Waals surface area contributed by atoms with E-state index in [9.17, 15) is 13.6 Å². The molecule has 2 rings (SSSR count). The molecule has 0 aliphatic carbocycles. The summed E-state index contributed by atoms with van der Waals surface area (Å²) in [7, 11) is 3.05. The highest BCUT2D eigenvalue weighted by atomic mass is 19.2. The first-order valence-electron chi connectivity index (χ1n) is 7.19. The van der Waals surface area contributed by atoms with Gasteiger partial charge in [-0.25, -0.2) is 8.78 Å². The zero-order valence-electron chi connectivity index (χ0n) is 13.5. The average molecular weight is 336 g/mol. The standard InChI is InChI=1S/C17H18F2N2O3/c1-10(17(22)21-11-4-6-13(18)14(19)8-11)20-12-5-7-15(23-2)16(9-12)24-3/h4-10,20H,1-3H3,(H,21,22). The van der Waals surface area contributed by atoms with Crippen LogP contribution in [-0.4, -0.2) is 26.2 Å². The molecule has 1 amide bonds. The maximum absolute atomic E-state index is 13.2. The summed E-state index contributed by atoms with van der Waals surface area (Å²) < 4.78 is 36.4. The zero-order chi connectivity index (χ0) is 17.7. The fourth-order valence-electron chi connectivity index (χ4n) is 2.07. The second-order valence-corrected chi connectivity index (χ2v) is 5.05. The van der Waals surface area contributed by atoms with Crippen molar-refractivity contribution in [1.82, 2.24) is 0 Å². The van der Waals surface area contributed by atoms with Gasteiger partial charge in [-0.2, -0.15) is 0 Å². The molecule has 1 unspecified atom stereocenters. The summed E-state index contributed by atoms with van der Waals surface area (Å²) >= 11 is 0. The number of anilines is 2. The molecule has 0 saturated carbocycles. The summed E-state index contributed by atoms with van der Waals surface area (Å²) in [4.78, 5) is 12.1. The SMILES string of the molecule is COc1ccc(NC(C)C(=O)Nc2ccc(F)c(F)c2)cc1OC. The maximum Gasteiger partial charge on any atom is 0.246 e. The van der Waals surface area contributed by atoms with E-state index in [2.05, 4.69) is 10.6 Å². The van der Waals surface area contributed by atoms with Crippen LogP contribution in [0.5, 0.6) is 11.5 Å². The van der Waals surface area contributed by atoms with E-state index in [0.717, 1.165) is 12.1 Å². The maximum atomic E-state index is 13.2. The van der Waals surface area contributed by atoms with Crippen molar-refractivity contribution in [1.29, 1.82) is 0 Å². The predicted octanol–water partition coefficient (Wildman–Crippen LogP) is 3.42. The van der Waals surface area contributed by atoms with Gasteiger partial charge in [-0.1, -0.05) is 0 Å². The van der Waals surface area contributed by atoms with Gasteiger partial charge in [-0.15, -0.1) is 0 Å². The van der Waals surface area contributed by atoms with E-state index in [-0.39, 0.29) is 5.69 Å². The molecule has 0 fully saturated rings. The van der Waals surface area contributed by atoms with Gasteiger partial charge in [0.15, 0.2) is 23.1 Å². The van der Waals surface area contributed by atoms with Crippen molar-refractivity contribution in [3.63, 3.8) is 0 Å². The Bertz CT molecular complexity index is 738. The molecule has 0 saturated heterocycles. The number of hydrogen-bond donors (Lipinski definition) is 2. The number of amides is 1. The van der Waals surface area contributed by atoms with Crippen LogP contribution in [0.25, 0.3) is 0 Å². The van der Waals surface area contributed by atoms with E-state index in [0.29, 0.717) is 17.2 Å². The number of nitrogens with one attached hydrogen (secondary N) is 2. The Balaban J connectivity index is 2.04. The normalized spacial score (nSPS) is 11.5. The summed E-state index contributed by atoms with van der Waals surface area (Å²) in [6.45, 7) is 1.64. The second kappa shape index (κ2) is 7.63. The molecule has 0 spiro atoms. The van der Waals surface area contributed by atoms with Crippen molar-refractivity contribution in [2.24, 2.45) is 0 Å². The Kier molecular flexibility index (Phi) is 5.57. The lowest BCUT2D eigenvalue weighted by atomic mass is 10.2. The summed E-state index contributed by atoms with van der Waals surface area (Å²) in [6.07, 6.45) is 0. The van der Waals surface area contributed by atoms with Crippen molar-refractivity contribution >= 4 is 17.3 Å². The van der Waals surface area contributed by atoms with Gasteiger partial charge in [0.2, 0.25) is 5.91 Å². The second-order valence-electron chi connectivity index (χ2n) is 5.05. The molecule has 0 aliphatic rings. The fourth-order valence-corrected chi connectivity index (χ4v) is 2.07. The molecule has 2 N–H and O–H groups in total. The van der Waals surface area contributed by atoms with Crippen LogP contribution in [0.2, 0.25) is 0 Å². The number of methoxy groups -OCH3 is 2. The van der Waals surface area contributed by atoms with Crippen molar-refractivity contribution in [2.75, 3.05) is 24.9 Å². The number of carbonyl (C=O) groups is 1. The van der Waals surface area contributed by atoms with Gasteiger partial charge in [-0.05, 0) is 31.2 Å². The lowest BCUT2D eigenvalue weighted by Crippen LogP contribution is -2.31. The monoisotopic (exact) mass is 336 g/mol. The highest BCUT2D eigenvalue weighted by Crippen LogP contribution is 2.30. The molecule has 1 atom stereocenters. The number of ether oxygens (including phenoxy) is 2. The first kappa shape index (κ1) is 17.5. The highest BCUT2D eigenvalue weighted by molar-refractivity contribution is 5.96. The Labute approximate surface area is 138 Å². The van der Waals surface area contributed by atoms with Crippen molar-refractivity contribution in [3.05, 3.63) is 48.0 Å². The predicted molar refractivity (Wildman–Crippen MR) is 87.6 cm³/mol. The Morgan fingerprint density at radius 1 is 0.958 bits per heavy atom. The van der Waals surface area contributed by atoms with Crippen LogP contribution >= 0.6 is 0 Å². The molecule has 2 aromatic rings. The lowest BCUT2D eigenvalue weighted by Gasteiger charge is -2.17. The zero-order valence-corrected chi connectivity index (χ0v) is 13.5. The van der Waals surface area contributed by atoms with E-state index in [1.54, 1.807) is 25.1 Å². The molecule has 2 aromatic carbocycles. The van der Waals surface area contributed by atoms with Gasteiger partial charge in [-0.3, -0.25) is 4.79 Å². The van der Waals surface area contributed by atoms with Crippen LogP contribution in [0.15, 0.2) is 36.4 Å². The molecule has 0 bridgehead atoms. The van der Waals surface area contributed by atoms with Crippen LogP contribution in [0, 0.1) is 11.6 Å². The van der Waals surface area contributed by atoms with Crippen LogP contribution in [0.4, 0.5) is 20.2 Å². The van der Waals surface area contributed by atoms with Gasteiger partial charge in [0, 0.05) is 23.5 Å². The first-order chi connectivity index (χ1) is 11.4. The molecule has 0 aromatic heterocycles. The van der Waals surface area contributed by atoms with Crippen LogP contribution < -0.4 is 20.1 Å². The van der Waals surface area contributed by atoms with Crippen molar-refractivity contribution in [3.8, 4) is 11.5 Å². The van der Waals surface area contributed by atoms with E-state index in [4.69, 9.17) is 9.47 Å². The number of halogens is 2. The minimum absolute atomic E-state index is 0.180.